The lowest BCUT2D eigenvalue weighted by Crippen LogP contribution is -2.44. The highest BCUT2D eigenvalue weighted by Gasteiger charge is 2.15. The number of halogens is 1. The van der Waals surface area contributed by atoms with Crippen LogP contribution in [0.3, 0.4) is 0 Å². The van der Waals surface area contributed by atoms with E-state index in [0.29, 0.717) is 18.9 Å². The molecule has 1 rings (SSSR count). The topological polar surface area (TPSA) is 73.6 Å². The summed E-state index contributed by atoms with van der Waals surface area (Å²) in [7, 11) is 1.62. The summed E-state index contributed by atoms with van der Waals surface area (Å²) in [5, 5.41) is 2.82. The fraction of sp³-hybridized carbons (Fsp3) is 0.562. The second-order valence-corrected chi connectivity index (χ2v) is 5.59. The van der Waals surface area contributed by atoms with Crippen molar-refractivity contribution in [1.82, 2.24) is 5.32 Å². The summed E-state index contributed by atoms with van der Waals surface area (Å²) < 4.78 is 10.8. The number of amides is 1. The molecule has 1 aromatic rings. The maximum atomic E-state index is 11.8. The molecular formula is C16H27ClN2O3. The van der Waals surface area contributed by atoms with Gasteiger partial charge < -0.3 is 20.5 Å². The third-order valence-corrected chi connectivity index (χ3v) is 3.02. The van der Waals surface area contributed by atoms with E-state index in [1.54, 1.807) is 7.11 Å². The van der Waals surface area contributed by atoms with Crippen LogP contribution in [0.5, 0.6) is 11.5 Å². The highest BCUT2D eigenvalue weighted by Crippen LogP contribution is 2.17. The normalized spacial score (nSPS) is 13.0. The molecule has 0 spiro atoms. The van der Waals surface area contributed by atoms with Gasteiger partial charge in [-0.05, 0) is 43.5 Å². The number of nitrogens with one attached hydrogen (secondary N) is 1. The third kappa shape index (κ3) is 7.52. The average molecular weight is 331 g/mol. The number of hydrogen-bond acceptors (Lipinski definition) is 4. The summed E-state index contributed by atoms with van der Waals surface area (Å²) in [6.45, 7) is 6.42. The van der Waals surface area contributed by atoms with Crippen LogP contribution in [-0.4, -0.2) is 31.7 Å². The van der Waals surface area contributed by atoms with Crippen LogP contribution in [0, 0.1) is 5.92 Å². The molecule has 0 saturated carbocycles. The largest absolute Gasteiger partial charge is 0.497 e. The van der Waals surface area contributed by atoms with Crippen LogP contribution in [-0.2, 0) is 4.79 Å². The van der Waals surface area contributed by atoms with E-state index >= 15 is 0 Å². The summed E-state index contributed by atoms with van der Waals surface area (Å²) in [6, 6.07) is 6.87. The van der Waals surface area contributed by atoms with Crippen molar-refractivity contribution in [3.05, 3.63) is 24.3 Å². The molecule has 22 heavy (non-hydrogen) atoms. The highest BCUT2D eigenvalue weighted by atomic mass is 35.5. The second kappa shape index (κ2) is 10.3. The molecule has 6 heteroatoms. The molecule has 0 aliphatic rings. The quantitative estimate of drug-likeness (QED) is 0.767. The van der Waals surface area contributed by atoms with Gasteiger partial charge in [0, 0.05) is 0 Å². The van der Waals surface area contributed by atoms with Crippen molar-refractivity contribution >= 4 is 18.3 Å². The lowest BCUT2D eigenvalue weighted by molar-refractivity contribution is -0.123. The number of hydrogen-bond donors (Lipinski definition) is 2. The number of ether oxygens (including phenoxy) is 2. The Morgan fingerprint density at radius 2 is 1.73 bits per heavy atom. The molecule has 0 aliphatic carbocycles. The maximum Gasteiger partial charge on any atom is 0.237 e. The average Bonchev–Trinajstić information content (AvgIpc) is 2.44. The zero-order chi connectivity index (χ0) is 15.8. The summed E-state index contributed by atoms with van der Waals surface area (Å²) in [5.41, 5.74) is 5.82. The standard InChI is InChI=1S/C16H26N2O3.ClH/c1-11(2)9-15(17)16(19)18-10-12(3)21-14-7-5-13(20-4)6-8-14;/h5-8,11-12,15H,9-10,17H2,1-4H3,(H,18,19);1H/t12?,15-;/m0./s1. The first-order chi connectivity index (χ1) is 9.92. The molecule has 0 fully saturated rings. The molecular weight excluding hydrogens is 304 g/mol. The number of carbonyl (C=O) groups is 1. The van der Waals surface area contributed by atoms with Crippen molar-refractivity contribution in [3.63, 3.8) is 0 Å². The van der Waals surface area contributed by atoms with Gasteiger partial charge in [0.2, 0.25) is 5.91 Å². The van der Waals surface area contributed by atoms with Gasteiger partial charge >= 0.3 is 0 Å². The van der Waals surface area contributed by atoms with Crippen molar-refractivity contribution in [3.8, 4) is 11.5 Å². The van der Waals surface area contributed by atoms with E-state index in [-0.39, 0.29) is 24.4 Å². The summed E-state index contributed by atoms with van der Waals surface area (Å²) in [4.78, 5) is 11.8. The van der Waals surface area contributed by atoms with Crippen LogP contribution in [0.2, 0.25) is 0 Å². The Kier molecular flexibility index (Phi) is 9.61. The molecule has 0 aliphatic heterocycles. The summed E-state index contributed by atoms with van der Waals surface area (Å²) in [6.07, 6.45) is 0.549. The lowest BCUT2D eigenvalue weighted by Gasteiger charge is -2.18. The minimum Gasteiger partial charge on any atom is -0.497 e. The first kappa shape index (κ1) is 20.5. The molecule has 0 bridgehead atoms. The molecule has 0 aromatic heterocycles. The maximum absolute atomic E-state index is 11.8. The van der Waals surface area contributed by atoms with Gasteiger partial charge in [0.05, 0.1) is 19.7 Å². The van der Waals surface area contributed by atoms with E-state index in [4.69, 9.17) is 15.2 Å². The van der Waals surface area contributed by atoms with Crippen molar-refractivity contribution in [2.24, 2.45) is 11.7 Å². The monoisotopic (exact) mass is 330 g/mol. The van der Waals surface area contributed by atoms with Gasteiger partial charge in [0.15, 0.2) is 0 Å². The molecule has 126 valence electrons. The van der Waals surface area contributed by atoms with Gasteiger partial charge in [0.25, 0.3) is 0 Å². The molecule has 1 amide bonds. The molecule has 2 atom stereocenters. The van der Waals surface area contributed by atoms with E-state index in [2.05, 4.69) is 5.32 Å². The molecule has 1 unspecified atom stereocenters. The molecule has 5 nitrogen and oxygen atoms in total. The van der Waals surface area contributed by atoms with Crippen molar-refractivity contribution in [2.45, 2.75) is 39.3 Å². The van der Waals surface area contributed by atoms with Crippen LogP contribution >= 0.6 is 12.4 Å². The van der Waals surface area contributed by atoms with Crippen molar-refractivity contribution in [1.29, 1.82) is 0 Å². The van der Waals surface area contributed by atoms with E-state index in [1.165, 1.54) is 0 Å². The van der Waals surface area contributed by atoms with Gasteiger partial charge in [-0.15, -0.1) is 12.4 Å². The first-order valence-corrected chi connectivity index (χ1v) is 7.26. The van der Waals surface area contributed by atoms with Crippen LogP contribution in [0.25, 0.3) is 0 Å². The van der Waals surface area contributed by atoms with Gasteiger partial charge in [-0.25, -0.2) is 0 Å². The van der Waals surface area contributed by atoms with Gasteiger partial charge in [-0.2, -0.15) is 0 Å². The second-order valence-electron chi connectivity index (χ2n) is 5.59. The molecule has 1 aromatic carbocycles. The predicted octanol–water partition coefficient (Wildman–Crippen LogP) is 2.37. The Morgan fingerprint density at radius 1 is 1.18 bits per heavy atom. The Bertz CT molecular complexity index is 438. The fourth-order valence-corrected chi connectivity index (χ4v) is 1.92. The zero-order valence-corrected chi connectivity index (χ0v) is 14.5. The van der Waals surface area contributed by atoms with Crippen LogP contribution in [0.1, 0.15) is 27.2 Å². The molecule has 0 heterocycles. The van der Waals surface area contributed by atoms with Crippen molar-refractivity contribution in [2.75, 3.05) is 13.7 Å². The van der Waals surface area contributed by atoms with Crippen molar-refractivity contribution < 1.29 is 14.3 Å². The van der Waals surface area contributed by atoms with E-state index in [9.17, 15) is 4.79 Å². The SMILES string of the molecule is COc1ccc(OC(C)CNC(=O)[C@@H](N)CC(C)C)cc1.Cl. The number of nitrogens with two attached hydrogens (primary N) is 1. The van der Waals surface area contributed by atoms with E-state index < -0.39 is 6.04 Å². The number of carbonyl (C=O) groups excluding carboxylic acids is 1. The van der Waals surface area contributed by atoms with E-state index in [0.717, 1.165) is 11.5 Å². The highest BCUT2D eigenvalue weighted by molar-refractivity contribution is 5.85. The Morgan fingerprint density at radius 3 is 2.23 bits per heavy atom. The molecule has 0 radical (unpaired) electrons. The van der Waals surface area contributed by atoms with Crippen LogP contribution < -0.4 is 20.5 Å². The third-order valence-electron chi connectivity index (χ3n) is 3.02. The fourth-order valence-electron chi connectivity index (χ4n) is 1.92. The smallest absolute Gasteiger partial charge is 0.237 e. The Balaban J connectivity index is 0.00000441. The van der Waals surface area contributed by atoms with Crippen LogP contribution in [0.15, 0.2) is 24.3 Å². The van der Waals surface area contributed by atoms with Gasteiger partial charge in [0.1, 0.15) is 17.6 Å². The van der Waals surface area contributed by atoms with Crippen LogP contribution in [0.4, 0.5) is 0 Å². The predicted molar refractivity (Wildman–Crippen MR) is 90.8 cm³/mol. The lowest BCUT2D eigenvalue weighted by atomic mass is 10.0. The Hall–Kier alpha value is -1.46. The minimum atomic E-state index is -0.460. The van der Waals surface area contributed by atoms with E-state index in [1.807, 2.05) is 45.0 Å². The van der Waals surface area contributed by atoms with Gasteiger partial charge in [-0.3, -0.25) is 4.79 Å². The number of rotatable bonds is 8. The summed E-state index contributed by atoms with van der Waals surface area (Å²) >= 11 is 0. The minimum absolute atomic E-state index is 0. The number of benzene rings is 1. The Labute approximate surface area is 139 Å². The summed E-state index contributed by atoms with van der Waals surface area (Å²) in [5.74, 6) is 1.79. The van der Waals surface area contributed by atoms with Gasteiger partial charge in [-0.1, -0.05) is 13.8 Å². The number of methoxy groups -OCH3 is 1. The first-order valence-electron chi connectivity index (χ1n) is 7.26. The zero-order valence-electron chi connectivity index (χ0n) is 13.7. The molecule has 3 N–H and O–H groups in total. The molecule has 0 saturated heterocycles.